The third-order valence-corrected chi connectivity index (χ3v) is 4.93. The second-order valence-electron chi connectivity index (χ2n) is 5.00. The van der Waals surface area contributed by atoms with Crippen molar-refractivity contribution >= 4 is 39.3 Å². The number of para-hydroxylation sites is 1. The van der Waals surface area contributed by atoms with E-state index in [2.05, 4.69) is 26.2 Å². The Kier molecular flexibility index (Phi) is 5.01. The molecule has 0 radical (unpaired) electrons. The molecule has 0 aliphatic carbocycles. The molecule has 0 fully saturated rings. The molecule has 1 heterocycles. The summed E-state index contributed by atoms with van der Waals surface area (Å²) >= 11 is 4.68. The van der Waals surface area contributed by atoms with Crippen LogP contribution < -0.4 is 5.32 Å². The van der Waals surface area contributed by atoms with Gasteiger partial charge in [0.2, 0.25) is 0 Å². The molecule has 0 atom stereocenters. The predicted octanol–water partition coefficient (Wildman–Crippen LogP) is 4.73. The fourth-order valence-corrected chi connectivity index (χ4v) is 3.32. The molecular formula is C17H13BrFN3OS. The van der Waals surface area contributed by atoms with Crippen LogP contribution in [0.5, 0.6) is 0 Å². The number of amides is 1. The van der Waals surface area contributed by atoms with Crippen molar-refractivity contribution in [2.45, 2.75) is 10.1 Å². The molecule has 0 spiro atoms. The maximum absolute atomic E-state index is 13.9. The molecule has 0 aliphatic rings. The minimum Gasteiger partial charge on any atom is -0.329 e. The minimum atomic E-state index is -0.565. The second kappa shape index (κ2) is 7.19. The monoisotopic (exact) mass is 405 g/mol. The van der Waals surface area contributed by atoms with E-state index in [1.807, 2.05) is 36.0 Å². The smallest absolute Gasteiger partial charge is 0.258 e. The highest BCUT2D eigenvalue weighted by Crippen LogP contribution is 2.32. The number of rotatable bonds is 4. The summed E-state index contributed by atoms with van der Waals surface area (Å²) in [4.78, 5) is 17.5. The molecule has 24 heavy (non-hydrogen) atoms. The molecule has 2 aromatic carbocycles. The summed E-state index contributed by atoms with van der Waals surface area (Å²) in [6, 6.07) is 11.6. The highest BCUT2D eigenvalue weighted by Gasteiger charge is 2.15. The average Bonchev–Trinajstić information content (AvgIpc) is 2.96. The normalized spacial score (nSPS) is 10.6. The van der Waals surface area contributed by atoms with Crippen LogP contribution in [0, 0.1) is 5.82 Å². The van der Waals surface area contributed by atoms with Gasteiger partial charge in [-0.15, -0.1) is 0 Å². The number of hydrogen-bond acceptors (Lipinski definition) is 3. The Labute approximate surface area is 151 Å². The molecular weight excluding hydrogens is 393 g/mol. The van der Waals surface area contributed by atoms with Crippen LogP contribution >= 0.6 is 27.7 Å². The zero-order valence-corrected chi connectivity index (χ0v) is 15.1. The van der Waals surface area contributed by atoms with Crippen molar-refractivity contribution in [3.63, 3.8) is 0 Å². The number of carbonyl (C=O) groups excluding carboxylic acids is 1. The van der Waals surface area contributed by atoms with E-state index in [9.17, 15) is 9.18 Å². The van der Waals surface area contributed by atoms with Crippen LogP contribution in [0.15, 0.2) is 69.4 Å². The zero-order valence-electron chi connectivity index (χ0n) is 12.7. The van der Waals surface area contributed by atoms with Crippen LogP contribution in [-0.2, 0) is 7.05 Å². The summed E-state index contributed by atoms with van der Waals surface area (Å²) < 4.78 is 16.4. The van der Waals surface area contributed by atoms with E-state index in [1.54, 1.807) is 18.3 Å². The van der Waals surface area contributed by atoms with Crippen molar-refractivity contribution in [1.82, 2.24) is 9.55 Å². The van der Waals surface area contributed by atoms with E-state index in [4.69, 9.17) is 0 Å². The molecule has 122 valence electrons. The maximum atomic E-state index is 13.9. The highest BCUT2D eigenvalue weighted by atomic mass is 79.9. The predicted molar refractivity (Wildman–Crippen MR) is 95.8 cm³/mol. The number of aryl methyl sites for hydroxylation is 1. The van der Waals surface area contributed by atoms with Gasteiger partial charge in [-0.2, -0.15) is 0 Å². The van der Waals surface area contributed by atoms with Crippen LogP contribution in [0.3, 0.4) is 0 Å². The van der Waals surface area contributed by atoms with E-state index < -0.39 is 11.7 Å². The number of nitrogens with one attached hydrogen (secondary N) is 1. The SMILES string of the molecule is Cn1ccnc1Sc1ccccc1NC(=O)c1cc(Br)ccc1F. The topological polar surface area (TPSA) is 46.9 Å². The highest BCUT2D eigenvalue weighted by molar-refractivity contribution is 9.10. The van der Waals surface area contributed by atoms with Crippen molar-refractivity contribution in [2.75, 3.05) is 5.32 Å². The van der Waals surface area contributed by atoms with Gasteiger partial charge >= 0.3 is 0 Å². The zero-order chi connectivity index (χ0) is 17.1. The van der Waals surface area contributed by atoms with E-state index in [-0.39, 0.29) is 5.56 Å². The Morgan fingerprint density at radius 1 is 1.29 bits per heavy atom. The number of hydrogen-bond donors (Lipinski definition) is 1. The Morgan fingerprint density at radius 2 is 2.08 bits per heavy atom. The molecule has 1 amide bonds. The number of carbonyl (C=O) groups is 1. The molecule has 7 heteroatoms. The van der Waals surface area contributed by atoms with Crippen molar-refractivity contribution in [3.8, 4) is 0 Å². The summed E-state index contributed by atoms with van der Waals surface area (Å²) in [7, 11) is 1.90. The lowest BCUT2D eigenvalue weighted by molar-refractivity contribution is 0.102. The molecule has 1 aromatic heterocycles. The van der Waals surface area contributed by atoms with Crippen LogP contribution in [0.1, 0.15) is 10.4 Å². The van der Waals surface area contributed by atoms with E-state index >= 15 is 0 Å². The van der Waals surface area contributed by atoms with Crippen LogP contribution in [-0.4, -0.2) is 15.5 Å². The van der Waals surface area contributed by atoms with E-state index in [0.29, 0.717) is 10.2 Å². The van der Waals surface area contributed by atoms with Crippen molar-refractivity contribution in [1.29, 1.82) is 0 Å². The number of imidazole rings is 1. The Bertz CT molecular complexity index is 897. The first-order valence-electron chi connectivity index (χ1n) is 7.05. The number of nitrogens with zero attached hydrogens (tertiary/aromatic N) is 2. The average molecular weight is 406 g/mol. The first-order valence-corrected chi connectivity index (χ1v) is 8.66. The Balaban J connectivity index is 1.86. The first kappa shape index (κ1) is 16.7. The molecule has 3 rings (SSSR count). The van der Waals surface area contributed by atoms with Crippen LogP contribution in [0.2, 0.25) is 0 Å². The lowest BCUT2D eigenvalue weighted by Crippen LogP contribution is -2.14. The van der Waals surface area contributed by atoms with E-state index in [1.165, 1.54) is 23.9 Å². The molecule has 1 N–H and O–H groups in total. The van der Waals surface area contributed by atoms with Crippen LogP contribution in [0.25, 0.3) is 0 Å². The standard InChI is InChI=1S/C17H13BrFN3OS/c1-22-9-8-20-17(22)24-15-5-3-2-4-14(15)21-16(23)12-10-11(18)6-7-13(12)19/h2-10H,1H3,(H,21,23). The van der Waals surface area contributed by atoms with Gasteiger partial charge in [0.15, 0.2) is 5.16 Å². The van der Waals surface area contributed by atoms with Gasteiger partial charge in [0.05, 0.1) is 11.3 Å². The van der Waals surface area contributed by atoms with Gasteiger partial charge in [-0.3, -0.25) is 4.79 Å². The molecule has 0 saturated carbocycles. The number of benzene rings is 2. The van der Waals surface area contributed by atoms with Gasteiger partial charge in [-0.05, 0) is 42.1 Å². The van der Waals surface area contributed by atoms with Gasteiger partial charge in [0.1, 0.15) is 5.82 Å². The number of halogens is 2. The third-order valence-electron chi connectivity index (χ3n) is 3.29. The summed E-state index contributed by atoms with van der Waals surface area (Å²) in [5.41, 5.74) is 0.594. The largest absolute Gasteiger partial charge is 0.329 e. The van der Waals surface area contributed by atoms with Gasteiger partial charge in [0, 0.05) is 28.8 Å². The summed E-state index contributed by atoms with van der Waals surface area (Å²) in [5, 5.41) is 3.57. The molecule has 3 aromatic rings. The van der Waals surface area contributed by atoms with E-state index in [0.717, 1.165) is 10.1 Å². The molecule has 0 aliphatic heterocycles. The summed E-state index contributed by atoms with van der Waals surface area (Å²) in [6.45, 7) is 0. The lowest BCUT2D eigenvalue weighted by atomic mass is 10.2. The fourth-order valence-electron chi connectivity index (χ4n) is 2.07. The molecule has 0 saturated heterocycles. The fraction of sp³-hybridized carbons (Fsp3) is 0.0588. The van der Waals surface area contributed by atoms with Gasteiger partial charge in [0.25, 0.3) is 5.91 Å². The van der Waals surface area contributed by atoms with Crippen molar-refractivity contribution in [3.05, 3.63) is 70.7 Å². The third kappa shape index (κ3) is 3.68. The van der Waals surface area contributed by atoms with Crippen molar-refractivity contribution < 1.29 is 9.18 Å². The molecule has 0 bridgehead atoms. The Morgan fingerprint density at radius 3 is 2.83 bits per heavy atom. The first-order chi connectivity index (χ1) is 11.5. The minimum absolute atomic E-state index is 0.0128. The quantitative estimate of drug-likeness (QED) is 0.682. The number of aromatic nitrogens is 2. The van der Waals surface area contributed by atoms with Gasteiger partial charge in [-0.1, -0.05) is 28.1 Å². The van der Waals surface area contributed by atoms with Crippen LogP contribution in [0.4, 0.5) is 10.1 Å². The number of anilines is 1. The van der Waals surface area contributed by atoms with Gasteiger partial charge in [-0.25, -0.2) is 9.37 Å². The molecule has 4 nitrogen and oxygen atoms in total. The maximum Gasteiger partial charge on any atom is 0.258 e. The Hall–Kier alpha value is -2.12. The molecule has 0 unspecified atom stereocenters. The van der Waals surface area contributed by atoms with Gasteiger partial charge < -0.3 is 9.88 Å². The second-order valence-corrected chi connectivity index (χ2v) is 6.92. The summed E-state index contributed by atoms with van der Waals surface area (Å²) in [5.74, 6) is -1.06. The summed E-state index contributed by atoms with van der Waals surface area (Å²) in [6.07, 6.45) is 3.56. The lowest BCUT2D eigenvalue weighted by Gasteiger charge is -2.11. The van der Waals surface area contributed by atoms with Crippen molar-refractivity contribution in [2.24, 2.45) is 7.05 Å².